The summed E-state index contributed by atoms with van der Waals surface area (Å²) in [5.41, 5.74) is 0. The first-order chi connectivity index (χ1) is 5.12. The summed E-state index contributed by atoms with van der Waals surface area (Å²) in [5, 5.41) is 8.21. The zero-order valence-electron chi connectivity index (χ0n) is 6.32. The average molecular weight is 208 g/mol. The number of aliphatic hydroxyl groups is 1. The molecule has 7 heteroatoms. The summed E-state index contributed by atoms with van der Waals surface area (Å²) >= 11 is 0. The van der Waals surface area contributed by atoms with Gasteiger partial charge in [0.2, 0.25) is 0 Å². The minimum absolute atomic E-state index is 0. The predicted molar refractivity (Wildman–Crippen MR) is 45.3 cm³/mol. The third-order valence-corrected chi connectivity index (χ3v) is 1.66. The summed E-state index contributed by atoms with van der Waals surface area (Å²) in [7, 11) is -3.87. The van der Waals surface area contributed by atoms with Crippen LogP contribution >= 0.6 is 0 Å². The fraction of sp³-hybridized carbons (Fsp3) is 1.00. The molecule has 0 atom stereocenters. The topological polar surface area (TPSA) is 72.8 Å². The second-order valence-electron chi connectivity index (χ2n) is 1.78. The molecule has 0 aliphatic heterocycles. The fourth-order valence-corrected chi connectivity index (χ4v) is 1.08. The van der Waals surface area contributed by atoms with Crippen molar-refractivity contribution in [2.24, 2.45) is 0 Å². The van der Waals surface area contributed by atoms with Crippen LogP contribution in [0.25, 0.3) is 0 Å². The quantitative estimate of drug-likeness (QED) is 0.568. The van der Waals surface area contributed by atoms with Crippen LogP contribution in [0.15, 0.2) is 0 Å². The maximum atomic E-state index is 10.6. The second kappa shape index (κ2) is 8.43. The molecule has 1 N–H and O–H groups in total. The molecule has 0 amide bonds. The van der Waals surface area contributed by atoms with Gasteiger partial charge in [0.15, 0.2) is 0 Å². The van der Waals surface area contributed by atoms with Gasteiger partial charge in [-0.25, -0.2) is 8.37 Å². The molecular weight excluding hydrogens is 195 g/mol. The fourth-order valence-electron chi connectivity index (χ4n) is 0.359. The van der Waals surface area contributed by atoms with Crippen molar-refractivity contribution in [2.45, 2.75) is 13.3 Å². The summed E-state index contributed by atoms with van der Waals surface area (Å²) in [6.07, 6.45) is 0.599. The van der Waals surface area contributed by atoms with E-state index >= 15 is 0 Å². The van der Waals surface area contributed by atoms with Crippen molar-refractivity contribution in [1.29, 1.82) is 0 Å². The molecule has 0 aromatic rings. The molecule has 0 radical (unpaired) electrons. The molecule has 0 aromatic heterocycles. The van der Waals surface area contributed by atoms with Crippen LogP contribution in [0.1, 0.15) is 13.3 Å². The Balaban J connectivity index is 0. The van der Waals surface area contributed by atoms with E-state index in [0.717, 1.165) is 0 Å². The van der Waals surface area contributed by atoms with Gasteiger partial charge >= 0.3 is 40.0 Å². The number of aliphatic hydroxyl groups excluding tert-OH is 1. The van der Waals surface area contributed by atoms with Gasteiger partial charge in [0.05, 0.1) is 19.8 Å². The van der Waals surface area contributed by atoms with Crippen LogP contribution in [0.3, 0.4) is 0 Å². The first-order valence-corrected chi connectivity index (χ1v) is 4.60. The third kappa shape index (κ3) is 8.92. The third-order valence-electron chi connectivity index (χ3n) is 0.751. The number of rotatable bonds is 6. The second-order valence-corrected chi connectivity index (χ2v) is 3.06. The van der Waals surface area contributed by atoms with Crippen LogP contribution in [0.2, 0.25) is 0 Å². The molecule has 0 saturated heterocycles. The van der Waals surface area contributed by atoms with E-state index in [0.29, 0.717) is 6.42 Å². The van der Waals surface area contributed by atoms with Gasteiger partial charge in [-0.15, -0.1) is 0 Å². The monoisotopic (exact) mass is 208 g/mol. The van der Waals surface area contributed by atoms with Gasteiger partial charge < -0.3 is 5.11 Å². The Bertz CT molecular complexity index is 164. The number of hydrogen-bond acceptors (Lipinski definition) is 5. The van der Waals surface area contributed by atoms with Crippen molar-refractivity contribution in [3.8, 4) is 0 Å². The van der Waals surface area contributed by atoms with Crippen LogP contribution in [-0.2, 0) is 18.8 Å². The molecular formula is C5H13NaO5S. The van der Waals surface area contributed by atoms with Crippen LogP contribution in [0.5, 0.6) is 0 Å². The molecule has 0 spiro atoms. The Hall–Kier alpha value is 0.830. The van der Waals surface area contributed by atoms with E-state index in [1.807, 2.05) is 0 Å². The van der Waals surface area contributed by atoms with Gasteiger partial charge in [0.25, 0.3) is 0 Å². The summed E-state index contributed by atoms with van der Waals surface area (Å²) < 4.78 is 29.7. The van der Waals surface area contributed by atoms with Crippen LogP contribution in [0, 0.1) is 0 Å². The van der Waals surface area contributed by atoms with Crippen molar-refractivity contribution in [3.63, 3.8) is 0 Å². The van der Waals surface area contributed by atoms with Gasteiger partial charge in [-0.05, 0) is 6.42 Å². The normalized spacial score (nSPS) is 10.8. The molecule has 70 valence electrons. The van der Waals surface area contributed by atoms with E-state index in [2.05, 4.69) is 8.37 Å². The van der Waals surface area contributed by atoms with E-state index in [-0.39, 0.29) is 49.4 Å². The van der Waals surface area contributed by atoms with E-state index in [1.54, 1.807) is 6.92 Å². The molecule has 0 rings (SSSR count). The molecule has 0 bridgehead atoms. The minimum atomic E-state index is -3.87. The molecule has 0 saturated carbocycles. The zero-order valence-corrected chi connectivity index (χ0v) is 7.13. The van der Waals surface area contributed by atoms with Crippen LogP contribution in [-0.4, -0.2) is 62.9 Å². The van der Waals surface area contributed by atoms with E-state index in [4.69, 9.17) is 5.11 Å². The predicted octanol–water partition coefficient (Wildman–Crippen LogP) is -0.982. The summed E-state index contributed by atoms with van der Waals surface area (Å²) in [6, 6.07) is 0. The Labute approximate surface area is 94.7 Å². The Kier molecular flexibility index (Phi) is 10.8. The summed E-state index contributed by atoms with van der Waals surface area (Å²) in [6.45, 7) is 1.29. The molecule has 0 aliphatic carbocycles. The molecule has 0 unspecified atom stereocenters. The summed E-state index contributed by atoms with van der Waals surface area (Å²) in [4.78, 5) is 0. The standard InChI is InChI=1S/C5H12O5S.Na.H/c1-2-4-9-11(7,8)10-5-3-6;;/h6H,2-5H2,1H3;;. The van der Waals surface area contributed by atoms with E-state index in [1.165, 1.54) is 0 Å². The van der Waals surface area contributed by atoms with Crippen molar-refractivity contribution in [1.82, 2.24) is 0 Å². The van der Waals surface area contributed by atoms with Crippen molar-refractivity contribution in [3.05, 3.63) is 0 Å². The molecule has 0 aliphatic rings. The first-order valence-electron chi connectivity index (χ1n) is 3.27. The van der Waals surface area contributed by atoms with Gasteiger partial charge in [0.1, 0.15) is 0 Å². The van der Waals surface area contributed by atoms with E-state index in [9.17, 15) is 8.42 Å². The van der Waals surface area contributed by atoms with E-state index < -0.39 is 10.4 Å². The maximum absolute atomic E-state index is 10.6. The Morgan fingerprint density at radius 1 is 1.25 bits per heavy atom. The van der Waals surface area contributed by atoms with Crippen molar-refractivity contribution >= 4 is 40.0 Å². The zero-order chi connectivity index (χ0) is 8.74. The molecule has 5 nitrogen and oxygen atoms in total. The van der Waals surface area contributed by atoms with Crippen molar-refractivity contribution in [2.75, 3.05) is 19.8 Å². The van der Waals surface area contributed by atoms with Gasteiger partial charge in [-0.1, -0.05) is 6.92 Å². The molecule has 0 fully saturated rings. The SMILES string of the molecule is CCCOS(=O)(=O)OCCO.[NaH]. The molecule has 0 aromatic carbocycles. The van der Waals surface area contributed by atoms with Gasteiger partial charge in [-0.3, -0.25) is 0 Å². The van der Waals surface area contributed by atoms with Crippen molar-refractivity contribution < 1.29 is 21.9 Å². The van der Waals surface area contributed by atoms with Gasteiger partial charge in [-0.2, -0.15) is 8.42 Å². The van der Waals surface area contributed by atoms with Gasteiger partial charge in [0, 0.05) is 0 Å². The molecule has 12 heavy (non-hydrogen) atoms. The Morgan fingerprint density at radius 3 is 2.17 bits per heavy atom. The van der Waals surface area contributed by atoms with Crippen LogP contribution < -0.4 is 0 Å². The first kappa shape index (κ1) is 15.3. The molecule has 0 heterocycles. The Morgan fingerprint density at radius 2 is 1.75 bits per heavy atom. The average Bonchev–Trinajstić information content (AvgIpc) is 1.97. The van der Waals surface area contributed by atoms with Crippen LogP contribution in [0.4, 0.5) is 0 Å². The summed E-state index contributed by atoms with van der Waals surface area (Å²) in [5.74, 6) is 0. The number of hydrogen-bond donors (Lipinski definition) is 1.